The maximum atomic E-state index is 12.7. The number of hydrogen-bond acceptors (Lipinski definition) is 6. The van der Waals surface area contributed by atoms with E-state index in [0.29, 0.717) is 31.7 Å². The lowest BCUT2D eigenvalue weighted by Crippen LogP contribution is -2.48. The van der Waals surface area contributed by atoms with Crippen molar-refractivity contribution in [2.75, 3.05) is 38.2 Å². The number of benzene rings is 1. The normalized spacial score (nSPS) is 14.6. The molecule has 3 rings (SSSR count). The second-order valence-electron chi connectivity index (χ2n) is 5.97. The number of halogens is 2. The number of carbonyl (C=O) groups excluding carboxylic acids is 1. The van der Waals surface area contributed by atoms with Gasteiger partial charge < -0.3 is 19.3 Å². The van der Waals surface area contributed by atoms with E-state index in [4.69, 9.17) is 4.74 Å². The van der Waals surface area contributed by atoms with E-state index < -0.39 is 6.61 Å². The molecule has 7 nitrogen and oxygen atoms in total. The Morgan fingerprint density at radius 3 is 2.64 bits per heavy atom. The van der Waals surface area contributed by atoms with Crippen LogP contribution in [0.5, 0.6) is 11.5 Å². The summed E-state index contributed by atoms with van der Waals surface area (Å²) < 4.78 is 35.0. The van der Waals surface area contributed by atoms with Gasteiger partial charge in [-0.2, -0.15) is 8.78 Å². The van der Waals surface area contributed by atoms with Crippen molar-refractivity contribution in [1.29, 1.82) is 0 Å². The second kappa shape index (κ2) is 9.12. The number of carbonyl (C=O) groups is 1. The van der Waals surface area contributed by atoms with Crippen molar-refractivity contribution < 1.29 is 23.0 Å². The lowest BCUT2D eigenvalue weighted by molar-refractivity contribution is -0.126. The zero-order valence-corrected chi connectivity index (χ0v) is 15.3. The van der Waals surface area contributed by atoms with Gasteiger partial charge in [-0.25, -0.2) is 4.98 Å². The van der Waals surface area contributed by atoms with Gasteiger partial charge in [0, 0.05) is 50.2 Å². The molecule has 1 aromatic heterocycles. The Labute approximate surface area is 161 Å². The maximum absolute atomic E-state index is 12.7. The molecular formula is C19H20F2N4O3. The molecule has 0 N–H and O–H groups in total. The number of methoxy groups -OCH3 is 1. The van der Waals surface area contributed by atoms with Crippen LogP contribution in [0.2, 0.25) is 0 Å². The first kappa shape index (κ1) is 19.5. The van der Waals surface area contributed by atoms with Crippen LogP contribution in [0, 0.1) is 0 Å². The third kappa shape index (κ3) is 4.73. The van der Waals surface area contributed by atoms with E-state index >= 15 is 0 Å². The molecule has 0 aliphatic carbocycles. The number of aromatic nitrogens is 2. The van der Waals surface area contributed by atoms with Crippen molar-refractivity contribution >= 4 is 17.8 Å². The minimum atomic E-state index is -2.99. The Hall–Kier alpha value is -3.23. The number of rotatable bonds is 6. The van der Waals surface area contributed by atoms with Crippen LogP contribution in [-0.2, 0) is 4.79 Å². The van der Waals surface area contributed by atoms with Crippen LogP contribution >= 0.6 is 0 Å². The van der Waals surface area contributed by atoms with Crippen molar-refractivity contribution in [2.24, 2.45) is 0 Å². The number of hydrogen-bond donors (Lipinski definition) is 0. The standard InChI is InChI=1S/C19H20F2N4O3/c1-27-15-4-2-3-14(18(15)28-19(20)21)5-6-17(26)25-11-9-24(10-12-25)16-13-22-7-8-23-16/h2-8,13,19H,9-12H2,1H3/b6-5+. The van der Waals surface area contributed by atoms with Crippen LogP contribution in [0.1, 0.15) is 5.56 Å². The van der Waals surface area contributed by atoms with Gasteiger partial charge in [-0.05, 0) is 12.1 Å². The quantitative estimate of drug-likeness (QED) is 0.706. The summed E-state index contributed by atoms with van der Waals surface area (Å²) in [4.78, 5) is 24.5. The van der Waals surface area contributed by atoms with Gasteiger partial charge in [0.25, 0.3) is 0 Å². The fourth-order valence-corrected chi connectivity index (χ4v) is 2.92. The molecule has 2 heterocycles. The Bertz CT molecular complexity index is 825. The van der Waals surface area contributed by atoms with Crippen LogP contribution in [0.25, 0.3) is 6.08 Å². The molecule has 0 unspecified atom stereocenters. The molecule has 1 aliphatic heterocycles. The summed E-state index contributed by atoms with van der Waals surface area (Å²) >= 11 is 0. The van der Waals surface area contributed by atoms with E-state index in [1.165, 1.54) is 25.3 Å². The zero-order valence-electron chi connectivity index (χ0n) is 15.3. The van der Waals surface area contributed by atoms with Crippen LogP contribution in [0.4, 0.5) is 14.6 Å². The summed E-state index contributed by atoms with van der Waals surface area (Å²) in [5.74, 6) is 0.643. The van der Waals surface area contributed by atoms with Gasteiger partial charge in [-0.1, -0.05) is 12.1 Å². The van der Waals surface area contributed by atoms with Gasteiger partial charge in [-0.3, -0.25) is 9.78 Å². The van der Waals surface area contributed by atoms with Crippen molar-refractivity contribution in [2.45, 2.75) is 6.61 Å². The van der Waals surface area contributed by atoms with Crippen LogP contribution in [0.15, 0.2) is 42.9 Å². The highest BCUT2D eigenvalue weighted by Crippen LogP contribution is 2.33. The van der Waals surface area contributed by atoms with Crippen LogP contribution < -0.4 is 14.4 Å². The molecule has 1 aliphatic rings. The smallest absolute Gasteiger partial charge is 0.387 e. The summed E-state index contributed by atoms with van der Waals surface area (Å²) in [7, 11) is 1.36. The highest BCUT2D eigenvalue weighted by atomic mass is 19.3. The van der Waals surface area contributed by atoms with E-state index in [2.05, 4.69) is 19.6 Å². The number of amides is 1. The third-order valence-electron chi connectivity index (χ3n) is 4.31. The molecule has 1 amide bonds. The Morgan fingerprint density at radius 1 is 1.21 bits per heavy atom. The highest BCUT2D eigenvalue weighted by Gasteiger charge is 2.21. The zero-order chi connectivity index (χ0) is 19.9. The predicted molar refractivity (Wildman–Crippen MR) is 99.5 cm³/mol. The largest absolute Gasteiger partial charge is 0.493 e. The number of piperazine rings is 1. The maximum Gasteiger partial charge on any atom is 0.387 e. The summed E-state index contributed by atoms with van der Waals surface area (Å²) in [5.41, 5.74) is 0.339. The number of nitrogens with zero attached hydrogens (tertiary/aromatic N) is 4. The summed E-state index contributed by atoms with van der Waals surface area (Å²) in [6.07, 6.45) is 7.73. The average Bonchev–Trinajstić information content (AvgIpc) is 2.73. The number of ether oxygens (including phenoxy) is 2. The van der Waals surface area contributed by atoms with Gasteiger partial charge in [-0.15, -0.1) is 0 Å². The minimum absolute atomic E-state index is 0.100. The lowest BCUT2D eigenvalue weighted by Gasteiger charge is -2.34. The molecule has 0 bridgehead atoms. The molecule has 9 heteroatoms. The fraction of sp³-hybridized carbons (Fsp3) is 0.316. The van der Waals surface area contributed by atoms with Gasteiger partial charge in [0.15, 0.2) is 11.5 Å². The molecule has 0 saturated carbocycles. The van der Waals surface area contributed by atoms with Crippen molar-refractivity contribution in [3.05, 3.63) is 48.4 Å². The lowest BCUT2D eigenvalue weighted by atomic mass is 10.1. The van der Waals surface area contributed by atoms with E-state index in [9.17, 15) is 13.6 Å². The Kier molecular flexibility index (Phi) is 6.36. The molecule has 1 saturated heterocycles. The molecule has 0 spiro atoms. The molecule has 0 radical (unpaired) electrons. The van der Waals surface area contributed by atoms with Crippen molar-refractivity contribution in [3.8, 4) is 11.5 Å². The van der Waals surface area contributed by atoms with Gasteiger partial charge in [0.05, 0.1) is 13.3 Å². The third-order valence-corrected chi connectivity index (χ3v) is 4.31. The van der Waals surface area contributed by atoms with Gasteiger partial charge in [0.2, 0.25) is 5.91 Å². The topological polar surface area (TPSA) is 67.8 Å². The first-order chi connectivity index (χ1) is 13.6. The first-order valence-electron chi connectivity index (χ1n) is 8.68. The fourth-order valence-electron chi connectivity index (χ4n) is 2.92. The summed E-state index contributed by atoms with van der Waals surface area (Å²) in [6, 6.07) is 4.74. The number of para-hydroxylation sites is 1. The van der Waals surface area contributed by atoms with Gasteiger partial charge >= 0.3 is 6.61 Å². The average molecular weight is 390 g/mol. The van der Waals surface area contributed by atoms with E-state index in [1.807, 2.05) is 0 Å². The molecule has 148 valence electrons. The van der Waals surface area contributed by atoms with Crippen LogP contribution in [-0.4, -0.2) is 60.7 Å². The van der Waals surface area contributed by atoms with E-state index in [0.717, 1.165) is 5.82 Å². The number of alkyl halides is 2. The van der Waals surface area contributed by atoms with E-state index in [1.54, 1.807) is 35.6 Å². The molecule has 1 fully saturated rings. The molecule has 0 atom stereocenters. The molecule has 28 heavy (non-hydrogen) atoms. The van der Waals surface area contributed by atoms with Crippen molar-refractivity contribution in [1.82, 2.24) is 14.9 Å². The first-order valence-corrected chi connectivity index (χ1v) is 8.68. The SMILES string of the molecule is COc1cccc(/C=C/C(=O)N2CCN(c3cnccn3)CC2)c1OC(F)F. The molecule has 1 aromatic carbocycles. The number of anilines is 1. The predicted octanol–water partition coefficient (Wildman–Crippen LogP) is 2.45. The van der Waals surface area contributed by atoms with Crippen molar-refractivity contribution in [3.63, 3.8) is 0 Å². The minimum Gasteiger partial charge on any atom is -0.493 e. The van der Waals surface area contributed by atoms with Gasteiger partial charge in [0.1, 0.15) is 5.82 Å². The highest BCUT2D eigenvalue weighted by molar-refractivity contribution is 5.92. The summed E-state index contributed by atoms with van der Waals surface area (Å²) in [6.45, 7) is -0.668. The Balaban J connectivity index is 1.65. The Morgan fingerprint density at radius 2 is 2.00 bits per heavy atom. The summed E-state index contributed by atoms with van der Waals surface area (Å²) in [5, 5.41) is 0. The van der Waals surface area contributed by atoms with Crippen LogP contribution in [0.3, 0.4) is 0 Å². The molecule has 2 aromatic rings. The van der Waals surface area contributed by atoms with E-state index in [-0.39, 0.29) is 17.4 Å². The molecular weight excluding hydrogens is 370 g/mol. The second-order valence-corrected chi connectivity index (χ2v) is 5.97. The monoisotopic (exact) mass is 390 g/mol.